The first-order chi connectivity index (χ1) is 15.0. The Morgan fingerprint density at radius 2 is 1.77 bits per heavy atom. The maximum atomic E-state index is 12.3. The van der Waals surface area contributed by atoms with Gasteiger partial charge in [0.25, 0.3) is 5.91 Å². The quantitative estimate of drug-likeness (QED) is 0.477. The van der Waals surface area contributed by atoms with Crippen LogP contribution < -0.4 is 19.5 Å². The molecule has 1 aliphatic rings. The molecule has 0 fully saturated rings. The van der Waals surface area contributed by atoms with Gasteiger partial charge in [-0.2, -0.15) is 0 Å². The number of anilines is 1. The van der Waals surface area contributed by atoms with Crippen LogP contribution in [0.25, 0.3) is 16.8 Å². The summed E-state index contributed by atoms with van der Waals surface area (Å²) in [6, 6.07) is 16.6. The molecule has 0 aliphatic carbocycles. The second-order valence-corrected chi connectivity index (χ2v) is 6.94. The normalized spacial score (nSPS) is 13.2. The van der Waals surface area contributed by atoms with Gasteiger partial charge < -0.3 is 24.3 Å². The Bertz CT molecular complexity index is 1170. The van der Waals surface area contributed by atoms with Crippen LogP contribution in [-0.2, 0) is 14.3 Å². The number of esters is 1. The minimum atomic E-state index is -0.966. The van der Waals surface area contributed by atoms with E-state index in [1.165, 1.54) is 13.0 Å². The average Bonchev–Trinajstić information content (AvgIpc) is 3.25. The van der Waals surface area contributed by atoms with E-state index in [1.807, 2.05) is 36.4 Å². The number of nitrogens with one attached hydrogen (secondary N) is 1. The summed E-state index contributed by atoms with van der Waals surface area (Å²) in [6.45, 7) is 1.66. The number of fused-ring (bicyclic) bond motifs is 2. The highest BCUT2D eigenvalue weighted by Crippen LogP contribution is 2.34. The Morgan fingerprint density at radius 3 is 2.61 bits per heavy atom. The molecule has 1 heterocycles. The number of carbonyl (C=O) groups is 2. The second-order valence-electron chi connectivity index (χ2n) is 6.94. The molecule has 31 heavy (non-hydrogen) atoms. The minimum Gasteiger partial charge on any atom is -0.497 e. The smallest absolute Gasteiger partial charge is 0.331 e. The lowest BCUT2D eigenvalue weighted by Crippen LogP contribution is -2.29. The van der Waals surface area contributed by atoms with Gasteiger partial charge in [0.05, 0.1) is 7.11 Å². The molecule has 1 aliphatic heterocycles. The number of ether oxygens (including phenoxy) is 4. The van der Waals surface area contributed by atoms with E-state index in [4.69, 9.17) is 18.9 Å². The summed E-state index contributed by atoms with van der Waals surface area (Å²) in [4.78, 5) is 24.5. The summed E-state index contributed by atoms with van der Waals surface area (Å²) in [5, 5.41) is 4.75. The number of rotatable bonds is 6. The molecule has 158 valence electrons. The molecule has 3 aromatic carbocycles. The zero-order valence-electron chi connectivity index (χ0n) is 17.1. The molecule has 7 nitrogen and oxygen atoms in total. The van der Waals surface area contributed by atoms with Crippen molar-refractivity contribution in [1.29, 1.82) is 0 Å². The van der Waals surface area contributed by atoms with E-state index in [-0.39, 0.29) is 6.79 Å². The fraction of sp³-hybridized carbons (Fsp3) is 0.167. The van der Waals surface area contributed by atoms with E-state index < -0.39 is 18.0 Å². The van der Waals surface area contributed by atoms with Crippen LogP contribution in [0.5, 0.6) is 17.2 Å². The predicted molar refractivity (Wildman–Crippen MR) is 116 cm³/mol. The van der Waals surface area contributed by atoms with Crippen LogP contribution >= 0.6 is 0 Å². The molecular weight excluding hydrogens is 398 g/mol. The third-order valence-electron chi connectivity index (χ3n) is 4.79. The fourth-order valence-corrected chi connectivity index (χ4v) is 3.12. The van der Waals surface area contributed by atoms with Gasteiger partial charge in [-0.05, 0) is 59.7 Å². The summed E-state index contributed by atoms with van der Waals surface area (Å²) < 4.78 is 21.0. The first kappa shape index (κ1) is 20.3. The van der Waals surface area contributed by atoms with Crippen LogP contribution in [-0.4, -0.2) is 31.9 Å². The molecule has 0 spiro atoms. The number of methoxy groups -OCH3 is 1. The van der Waals surface area contributed by atoms with Crippen LogP contribution in [0.4, 0.5) is 5.69 Å². The van der Waals surface area contributed by atoms with Crippen molar-refractivity contribution in [3.63, 3.8) is 0 Å². The molecule has 4 rings (SSSR count). The van der Waals surface area contributed by atoms with Crippen LogP contribution in [0.2, 0.25) is 0 Å². The number of benzene rings is 3. The molecular formula is C24H21NO6. The third kappa shape index (κ3) is 4.78. The Kier molecular flexibility index (Phi) is 5.75. The van der Waals surface area contributed by atoms with Crippen molar-refractivity contribution in [3.8, 4) is 17.2 Å². The maximum absolute atomic E-state index is 12.3. The lowest BCUT2D eigenvalue weighted by Gasteiger charge is -2.12. The maximum Gasteiger partial charge on any atom is 0.331 e. The highest BCUT2D eigenvalue weighted by molar-refractivity contribution is 5.97. The fourth-order valence-electron chi connectivity index (χ4n) is 3.12. The van der Waals surface area contributed by atoms with Gasteiger partial charge in [0.15, 0.2) is 17.6 Å². The summed E-state index contributed by atoms with van der Waals surface area (Å²) in [7, 11) is 1.63. The molecule has 7 heteroatoms. The molecule has 0 saturated heterocycles. The lowest BCUT2D eigenvalue weighted by molar-refractivity contribution is -0.148. The minimum absolute atomic E-state index is 0.151. The summed E-state index contributed by atoms with van der Waals surface area (Å²) >= 11 is 0. The van der Waals surface area contributed by atoms with E-state index in [0.29, 0.717) is 17.2 Å². The molecule has 0 aromatic heterocycles. The summed E-state index contributed by atoms with van der Waals surface area (Å²) in [5.74, 6) is 0.908. The van der Waals surface area contributed by atoms with Crippen molar-refractivity contribution in [1.82, 2.24) is 0 Å². The standard InChI is InChI=1S/C24H21NO6/c1-15(24(27)25-19-7-9-21-22(13-19)30-14-29-21)31-23(26)10-4-16-3-5-18-12-20(28-2)8-6-17(18)11-16/h3-13,15H,14H2,1-2H3,(H,25,27). The molecule has 1 N–H and O–H groups in total. The van der Waals surface area contributed by atoms with Gasteiger partial charge in [-0.15, -0.1) is 0 Å². The first-order valence-corrected chi connectivity index (χ1v) is 9.69. The Morgan fingerprint density at radius 1 is 1.00 bits per heavy atom. The molecule has 1 unspecified atom stereocenters. The Hall–Kier alpha value is -4.00. The molecule has 0 saturated carbocycles. The van der Waals surface area contributed by atoms with Crippen molar-refractivity contribution in [2.24, 2.45) is 0 Å². The van der Waals surface area contributed by atoms with Crippen molar-refractivity contribution in [2.45, 2.75) is 13.0 Å². The monoisotopic (exact) mass is 419 g/mol. The van der Waals surface area contributed by atoms with Crippen molar-refractivity contribution in [3.05, 3.63) is 66.2 Å². The molecule has 1 amide bonds. The van der Waals surface area contributed by atoms with Crippen molar-refractivity contribution >= 4 is 34.4 Å². The zero-order chi connectivity index (χ0) is 21.8. The number of hydrogen-bond donors (Lipinski definition) is 1. The van der Waals surface area contributed by atoms with E-state index >= 15 is 0 Å². The summed E-state index contributed by atoms with van der Waals surface area (Å²) in [6.07, 6.45) is 1.98. The highest BCUT2D eigenvalue weighted by Gasteiger charge is 2.19. The predicted octanol–water partition coefficient (Wildman–Crippen LogP) is 4.16. The summed E-state index contributed by atoms with van der Waals surface area (Å²) in [5.41, 5.74) is 1.37. The largest absolute Gasteiger partial charge is 0.497 e. The first-order valence-electron chi connectivity index (χ1n) is 9.69. The molecule has 0 radical (unpaired) electrons. The van der Waals surface area contributed by atoms with Crippen molar-refractivity contribution < 1.29 is 28.5 Å². The van der Waals surface area contributed by atoms with Gasteiger partial charge in [-0.3, -0.25) is 4.79 Å². The Labute approximate surface area is 179 Å². The molecule has 3 aromatic rings. The van der Waals surface area contributed by atoms with Gasteiger partial charge in [-0.25, -0.2) is 4.79 Å². The third-order valence-corrected chi connectivity index (χ3v) is 4.79. The number of hydrogen-bond acceptors (Lipinski definition) is 6. The molecule has 0 bridgehead atoms. The van der Waals surface area contributed by atoms with E-state index in [1.54, 1.807) is 31.4 Å². The van der Waals surface area contributed by atoms with E-state index in [2.05, 4.69) is 5.32 Å². The van der Waals surface area contributed by atoms with Gasteiger partial charge in [0.1, 0.15) is 5.75 Å². The highest BCUT2D eigenvalue weighted by atomic mass is 16.7. The van der Waals surface area contributed by atoms with E-state index in [0.717, 1.165) is 22.1 Å². The van der Waals surface area contributed by atoms with Crippen LogP contribution in [0, 0.1) is 0 Å². The van der Waals surface area contributed by atoms with Crippen LogP contribution in [0.15, 0.2) is 60.7 Å². The number of amides is 1. The molecule has 1 atom stereocenters. The van der Waals surface area contributed by atoms with Gasteiger partial charge in [0, 0.05) is 17.8 Å². The zero-order valence-corrected chi connectivity index (χ0v) is 17.1. The lowest BCUT2D eigenvalue weighted by atomic mass is 10.1. The van der Waals surface area contributed by atoms with Crippen LogP contribution in [0.1, 0.15) is 12.5 Å². The van der Waals surface area contributed by atoms with Crippen molar-refractivity contribution in [2.75, 3.05) is 19.2 Å². The number of carbonyl (C=O) groups excluding carboxylic acids is 2. The topological polar surface area (TPSA) is 83.1 Å². The van der Waals surface area contributed by atoms with Gasteiger partial charge in [-0.1, -0.05) is 18.2 Å². The van der Waals surface area contributed by atoms with Crippen LogP contribution in [0.3, 0.4) is 0 Å². The SMILES string of the molecule is COc1ccc2cc(C=CC(=O)OC(C)C(=O)Nc3ccc4c(c3)OCO4)ccc2c1. The van der Waals surface area contributed by atoms with Gasteiger partial charge in [0.2, 0.25) is 6.79 Å². The van der Waals surface area contributed by atoms with E-state index in [9.17, 15) is 9.59 Å². The Balaban J connectivity index is 1.34. The average molecular weight is 419 g/mol. The second kappa shape index (κ2) is 8.79. The van der Waals surface area contributed by atoms with Gasteiger partial charge >= 0.3 is 5.97 Å².